The monoisotopic (exact) mass is 471 g/mol. The lowest BCUT2D eigenvalue weighted by Gasteiger charge is -2.08. The zero-order valence-electron chi connectivity index (χ0n) is 18.1. The number of rotatable bonds is 8. The fourth-order valence-electron chi connectivity index (χ4n) is 2.99. The van der Waals surface area contributed by atoms with Crippen LogP contribution in [0, 0.1) is 0 Å². The average Bonchev–Trinajstić information content (AvgIpc) is 2.77. The van der Waals surface area contributed by atoms with Gasteiger partial charge in [0.05, 0.1) is 16.8 Å². The molecule has 0 bridgehead atoms. The molecular weight excluding hydrogens is 446 g/mol. The van der Waals surface area contributed by atoms with Crippen molar-refractivity contribution < 1.29 is 13.2 Å². The molecule has 7 nitrogen and oxygen atoms in total. The SMILES string of the molecule is CCc1cccc(NC(=O)CSc2ncc(S(=O)(=O)c3ccc(C(C)C)cc3)c(=O)[nH]2)c1. The Morgan fingerprint density at radius 2 is 1.88 bits per heavy atom. The van der Waals surface area contributed by atoms with Crippen LogP contribution in [0.25, 0.3) is 0 Å². The topological polar surface area (TPSA) is 109 Å². The number of amides is 1. The van der Waals surface area contributed by atoms with Crippen LogP contribution in [0.4, 0.5) is 5.69 Å². The Morgan fingerprint density at radius 3 is 2.50 bits per heavy atom. The van der Waals surface area contributed by atoms with Gasteiger partial charge in [0, 0.05) is 5.69 Å². The molecule has 3 aromatic rings. The van der Waals surface area contributed by atoms with Gasteiger partial charge < -0.3 is 10.3 Å². The highest BCUT2D eigenvalue weighted by atomic mass is 32.2. The van der Waals surface area contributed by atoms with E-state index in [2.05, 4.69) is 15.3 Å². The summed E-state index contributed by atoms with van der Waals surface area (Å²) in [6.07, 6.45) is 1.90. The second-order valence-electron chi connectivity index (χ2n) is 7.50. The molecule has 0 atom stereocenters. The van der Waals surface area contributed by atoms with Gasteiger partial charge in [0.15, 0.2) is 10.1 Å². The molecule has 9 heteroatoms. The van der Waals surface area contributed by atoms with E-state index in [1.165, 1.54) is 12.1 Å². The van der Waals surface area contributed by atoms with Crippen molar-refractivity contribution >= 4 is 33.2 Å². The third kappa shape index (κ3) is 5.66. The number of aromatic nitrogens is 2. The third-order valence-electron chi connectivity index (χ3n) is 4.85. The molecule has 0 saturated carbocycles. The molecule has 0 saturated heterocycles. The first kappa shape index (κ1) is 23.7. The fraction of sp³-hybridized carbons (Fsp3) is 0.261. The molecule has 32 heavy (non-hydrogen) atoms. The Labute approximate surface area is 191 Å². The van der Waals surface area contributed by atoms with Gasteiger partial charge in [-0.25, -0.2) is 13.4 Å². The summed E-state index contributed by atoms with van der Waals surface area (Å²) >= 11 is 1.02. The smallest absolute Gasteiger partial charge is 0.270 e. The van der Waals surface area contributed by atoms with E-state index in [-0.39, 0.29) is 27.6 Å². The van der Waals surface area contributed by atoms with Gasteiger partial charge in [0.2, 0.25) is 15.7 Å². The summed E-state index contributed by atoms with van der Waals surface area (Å²) < 4.78 is 25.7. The highest BCUT2D eigenvalue weighted by Crippen LogP contribution is 2.22. The van der Waals surface area contributed by atoms with Crippen LogP contribution in [0.5, 0.6) is 0 Å². The summed E-state index contributed by atoms with van der Waals surface area (Å²) in [7, 11) is -4.00. The van der Waals surface area contributed by atoms with E-state index in [0.717, 1.165) is 35.5 Å². The number of aromatic amines is 1. The number of aryl methyl sites for hydroxylation is 1. The number of nitrogens with zero attached hydrogens (tertiary/aromatic N) is 1. The highest BCUT2D eigenvalue weighted by Gasteiger charge is 2.22. The Hall–Kier alpha value is -2.91. The van der Waals surface area contributed by atoms with E-state index in [4.69, 9.17) is 0 Å². The van der Waals surface area contributed by atoms with Gasteiger partial charge in [0.25, 0.3) is 5.56 Å². The number of hydrogen-bond donors (Lipinski definition) is 2. The first-order valence-electron chi connectivity index (χ1n) is 10.2. The number of sulfone groups is 1. The van der Waals surface area contributed by atoms with E-state index < -0.39 is 20.3 Å². The maximum absolute atomic E-state index is 12.8. The van der Waals surface area contributed by atoms with Crippen LogP contribution in [-0.2, 0) is 21.1 Å². The summed E-state index contributed by atoms with van der Waals surface area (Å²) in [5.74, 6) is 0.0240. The molecule has 1 heterocycles. The summed E-state index contributed by atoms with van der Waals surface area (Å²) in [6.45, 7) is 6.05. The zero-order valence-corrected chi connectivity index (χ0v) is 19.7. The van der Waals surface area contributed by atoms with Crippen molar-refractivity contribution in [1.29, 1.82) is 0 Å². The maximum Gasteiger partial charge on any atom is 0.270 e. The minimum absolute atomic E-state index is 0.0159. The van der Waals surface area contributed by atoms with E-state index >= 15 is 0 Å². The number of nitrogens with one attached hydrogen (secondary N) is 2. The first-order valence-corrected chi connectivity index (χ1v) is 12.6. The summed E-state index contributed by atoms with van der Waals surface area (Å²) in [4.78, 5) is 30.7. The maximum atomic E-state index is 12.8. The van der Waals surface area contributed by atoms with Crippen molar-refractivity contribution in [3.63, 3.8) is 0 Å². The first-order chi connectivity index (χ1) is 15.2. The molecule has 0 aliphatic heterocycles. The lowest BCUT2D eigenvalue weighted by Crippen LogP contribution is -2.20. The van der Waals surface area contributed by atoms with Gasteiger partial charge in [-0.1, -0.05) is 56.8 Å². The molecule has 2 N–H and O–H groups in total. The molecule has 2 aromatic carbocycles. The molecule has 0 fully saturated rings. The second-order valence-corrected chi connectivity index (χ2v) is 10.4. The zero-order chi connectivity index (χ0) is 23.3. The van der Waals surface area contributed by atoms with E-state index in [9.17, 15) is 18.0 Å². The molecule has 3 rings (SSSR count). The van der Waals surface area contributed by atoms with Gasteiger partial charge in [-0.15, -0.1) is 0 Å². The average molecular weight is 472 g/mol. The third-order valence-corrected chi connectivity index (χ3v) is 7.50. The standard InChI is InChI=1S/C23H25N3O4S2/c1-4-16-6-5-7-18(12-16)25-21(27)14-31-23-24-13-20(22(28)26-23)32(29,30)19-10-8-17(9-11-19)15(2)3/h5-13,15H,4,14H2,1-3H3,(H,25,27)(H,24,26,28). The van der Waals surface area contributed by atoms with E-state index in [1.807, 2.05) is 39.0 Å². The molecule has 0 aliphatic carbocycles. The summed E-state index contributed by atoms with van der Waals surface area (Å²) in [5, 5.41) is 2.96. The van der Waals surface area contributed by atoms with Crippen molar-refractivity contribution in [2.75, 3.05) is 11.1 Å². The quantitative estimate of drug-likeness (QED) is 0.379. The van der Waals surface area contributed by atoms with Gasteiger partial charge in [-0.2, -0.15) is 0 Å². The number of thioether (sulfide) groups is 1. The van der Waals surface area contributed by atoms with Gasteiger partial charge in [0.1, 0.15) is 0 Å². The van der Waals surface area contributed by atoms with Crippen LogP contribution in [0.2, 0.25) is 0 Å². The van der Waals surface area contributed by atoms with Crippen LogP contribution in [0.1, 0.15) is 37.8 Å². The molecule has 0 radical (unpaired) electrons. The molecule has 0 unspecified atom stereocenters. The van der Waals surface area contributed by atoms with Crippen LogP contribution < -0.4 is 10.9 Å². The molecule has 168 valence electrons. The lowest BCUT2D eigenvalue weighted by molar-refractivity contribution is -0.113. The molecule has 1 aromatic heterocycles. The minimum atomic E-state index is -4.00. The second kappa shape index (κ2) is 10.1. The van der Waals surface area contributed by atoms with Crippen LogP contribution in [-0.4, -0.2) is 30.0 Å². The van der Waals surface area contributed by atoms with Gasteiger partial charge >= 0.3 is 0 Å². The van der Waals surface area contributed by atoms with Crippen molar-refractivity contribution in [3.05, 3.63) is 76.2 Å². The lowest BCUT2D eigenvalue weighted by atomic mass is 10.0. The number of H-pyrrole nitrogens is 1. The van der Waals surface area contributed by atoms with Crippen LogP contribution in [0.15, 0.2) is 74.5 Å². The van der Waals surface area contributed by atoms with Gasteiger partial charge in [-0.05, 0) is 47.7 Å². The molecule has 0 spiro atoms. The number of carbonyl (C=O) groups is 1. The van der Waals surface area contributed by atoms with Crippen molar-refractivity contribution in [2.24, 2.45) is 0 Å². The van der Waals surface area contributed by atoms with Crippen LogP contribution in [0.3, 0.4) is 0 Å². The Kier molecular flexibility index (Phi) is 7.52. The normalized spacial score (nSPS) is 11.5. The predicted molar refractivity (Wildman–Crippen MR) is 126 cm³/mol. The largest absolute Gasteiger partial charge is 0.325 e. The van der Waals surface area contributed by atoms with E-state index in [0.29, 0.717) is 5.69 Å². The molecular formula is C23H25N3O4S2. The Morgan fingerprint density at radius 1 is 1.16 bits per heavy atom. The fourth-order valence-corrected chi connectivity index (χ4v) is 4.86. The minimum Gasteiger partial charge on any atom is -0.325 e. The van der Waals surface area contributed by atoms with Crippen molar-refractivity contribution in [1.82, 2.24) is 9.97 Å². The number of anilines is 1. The molecule has 0 aliphatic rings. The summed E-state index contributed by atoms with van der Waals surface area (Å²) in [5.41, 5.74) is 2.03. The Balaban J connectivity index is 1.69. The Bertz CT molecular complexity index is 1270. The van der Waals surface area contributed by atoms with Crippen molar-refractivity contribution in [2.45, 2.75) is 48.1 Å². The highest BCUT2D eigenvalue weighted by molar-refractivity contribution is 7.99. The van der Waals surface area contributed by atoms with Crippen molar-refractivity contribution in [3.8, 4) is 0 Å². The predicted octanol–water partition coefficient (Wildman–Crippen LogP) is 4.02. The number of carbonyl (C=O) groups excluding carboxylic acids is 1. The van der Waals surface area contributed by atoms with Crippen LogP contribution >= 0.6 is 11.8 Å². The number of benzene rings is 2. The number of hydrogen-bond acceptors (Lipinski definition) is 6. The molecule has 1 amide bonds. The summed E-state index contributed by atoms with van der Waals surface area (Å²) in [6, 6.07) is 14.0. The van der Waals surface area contributed by atoms with E-state index in [1.54, 1.807) is 18.2 Å². The van der Waals surface area contributed by atoms with Gasteiger partial charge in [-0.3, -0.25) is 9.59 Å².